The largest absolute Gasteiger partial charge is 0.299 e. The van der Waals surface area contributed by atoms with E-state index in [1.165, 1.54) is 18.4 Å². The average molecular weight is 305 g/mol. The minimum Gasteiger partial charge on any atom is -0.299 e. The van der Waals surface area contributed by atoms with Gasteiger partial charge in [-0.1, -0.05) is 46.9 Å². The third-order valence-corrected chi connectivity index (χ3v) is 3.74. The Morgan fingerprint density at radius 2 is 2.12 bits per heavy atom. The van der Waals surface area contributed by atoms with Crippen LogP contribution < -0.4 is 0 Å². The van der Waals surface area contributed by atoms with Crippen molar-refractivity contribution < 1.29 is 0 Å². The van der Waals surface area contributed by atoms with Crippen molar-refractivity contribution in [2.75, 3.05) is 7.05 Å². The summed E-state index contributed by atoms with van der Waals surface area (Å²) in [6.45, 7) is 5.39. The van der Waals surface area contributed by atoms with Crippen LogP contribution in [-0.2, 0) is 6.54 Å². The second kappa shape index (κ2) is 6.63. The molecule has 1 rings (SSSR count). The molecular formula is C13H19BrClN. The Kier molecular flexibility index (Phi) is 5.81. The highest BCUT2D eigenvalue weighted by atomic mass is 79.9. The Labute approximate surface area is 112 Å². The molecule has 1 unspecified atom stereocenters. The van der Waals surface area contributed by atoms with Crippen molar-refractivity contribution >= 4 is 27.5 Å². The highest BCUT2D eigenvalue weighted by molar-refractivity contribution is 9.10. The van der Waals surface area contributed by atoms with Crippen LogP contribution in [0, 0.1) is 0 Å². The van der Waals surface area contributed by atoms with Gasteiger partial charge < -0.3 is 0 Å². The Bertz CT molecular complexity index is 341. The molecule has 0 aliphatic heterocycles. The van der Waals surface area contributed by atoms with Gasteiger partial charge in [0.1, 0.15) is 0 Å². The second-order valence-corrected chi connectivity index (χ2v) is 5.61. The van der Waals surface area contributed by atoms with Crippen molar-refractivity contribution in [1.82, 2.24) is 4.90 Å². The maximum atomic E-state index is 6.20. The van der Waals surface area contributed by atoms with Crippen LogP contribution in [0.4, 0.5) is 0 Å². The summed E-state index contributed by atoms with van der Waals surface area (Å²) in [5, 5.41) is 0.838. The molecule has 1 aromatic rings. The van der Waals surface area contributed by atoms with Crippen LogP contribution in [0.2, 0.25) is 5.02 Å². The lowest BCUT2D eigenvalue weighted by Gasteiger charge is -2.24. The maximum absolute atomic E-state index is 6.20. The molecule has 0 bridgehead atoms. The van der Waals surface area contributed by atoms with E-state index in [0.717, 1.165) is 16.0 Å². The summed E-state index contributed by atoms with van der Waals surface area (Å²) < 4.78 is 1.03. The van der Waals surface area contributed by atoms with Gasteiger partial charge in [-0.2, -0.15) is 0 Å². The lowest BCUT2D eigenvalue weighted by Crippen LogP contribution is -2.28. The smallest absolute Gasteiger partial charge is 0.0462 e. The van der Waals surface area contributed by atoms with Crippen molar-refractivity contribution in [2.45, 2.75) is 39.3 Å². The minimum atomic E-state index is 0.602. The summed E-state index contributed by atoms with van der Waals surface area (Å²) >= 11 is 9.62. The Morgan fingerprint density at radius 3 is 2.69 bits per heavy atom. The molecule has 90 valence electrons. The zero-order valence-electron chi connectivity index (χ0n) is 10.1. The van der Waals surface area contributed by atoms with E-state index in [1.54, 1.807) is 0 Å². The number of rotatable bonds is 5. The quantitative estimate of drug-likeness (QED) is 0.760. The first-order chi connectivity index (χ1) is 7.54. The standard InChI is InChI=1S/C13H19BrClN/c1-4-5-10(2)16(3)9-11-6-7-12(14)8-13(11)15/h6-8,10H,4-5,9H2,1-3H3. The van der Waals surface area contributed by atoms with Gasteiger partial charge in [0, 0.05) is 22.1 Å². The van der Waals surface area contributed by atoms with E-state index >= 15 is 0 Å². The van der Waals surface area contributed by atoms with Crippen LogP contribution >= 0.6 is 27.5 Å². The van der Waals surface area contributed by atoms with E-state index in [9.17, 15) is 0 Å². The van der Waals surface area contributed by atoms with Gasteiger partial charge >= 0.3 is 0 Å². The van der Waals surface area contributed by atoms with Crippen LogP contribution in [0.1, 0.15) is 32.3 Å². The van der Waals surface area contributed by atoms with Gasteiger partial charge in [0.25, 0.3) is 0 Å². The molecule has 1 nitrogen and oxygen atoms in total. The van der Waals surface area contributed by atoms with Crippen molar-refractivity contribution in [3.05, 3.63) is 33.3 Å². The minimum absolute atomic E-state index is 0.602. The molecule has 0 radical (unpaired) electrons. The van der Waals surface area contributed by atoms with Gasteiger partial charge in [-0.15, -0.1) is 0 Å². The normalized spacial score (nSPS) is 13.1. The van der Waals surface area contributed by atoms with Crippen LogP contribution in [-0.4, -0.2) is 18.0 Å². The molecule has 0 aromatic heterocycles. The maximum Gasteiger partial charge on any atom is 0.0462 e. The van der Waals surface area contributed by atoms with E-state index in [2.05, 4.69) is 47.8 Å². The summed E-state index contributed by atoms with van der Waals surface area (Å²) in [6.07, 6.45) is 2.45. The summed E-state index contributed by atoms with van der Waals surface area (Å²) in [5.41, 5.74) is 1.19. The zero-order valence-corrected chi connectivity index (χ0v) is 12.5. The van der Waals surface area contributed by atoms with E-state index in [0.29, 0.717) is 6.04 Å². The van der Waals surface area contributed by atoms with E-state index < -0.39 is 0 Å². The number of halogens is 2. The number of hydrogen-bond acceptors (Lipinski definition) is 1. The first-order valence-corrected chi connectivity index (χ1v) is 6.85. The first kappa shape index (κ1) is 14.0. The zero-order chi connectivity index (χ0) is 12.1. The second-order valence-electron chi connectivity index (χ2n) is 4.29. The fraction of sp³-hybridized carbons (Fsp3) is 0.538. The Balaban J connectivity index is 2.65. The fourth-order valence-electron chi connectivity index (χ4n) is 1.71. The highest BCUT2D eigenvalue weighted by Crippen LogP contribution is 2.23. The third-order valence-electron chi connectivity index (χ3n) is 2.89. The van der Waals surface area contributed by atoms with Crippen LogP contribution in [0.15, 0.2) is 22.7 Å². The Hall–Kier alpha value is -0.0500. The summed E-state index contributed by atoms with van der Waals surface area (Å²) in [7, 11) is 2.15. The lowest BCUT2D eigenvalue weighted by atomic mass is 10.1. The van der Waals surface area contributed by atoms with E-state index in [1.807, 2.05) is 12.1 Å². The number of hydrogen-bond donors (Lipinski definition) is 0. The van der Waals surface area contributed by atoms with Crippen molar-refractivity contribution in [3.8, 4) is 0 Å². The van der Waals surface area contributed by atoms with Crippen molar-refractivity contribution in [3.63, 3.8) is 0 Å². The summed E-state index contributed by atoms with van der Waals surface area (Å²) in [4.78, 5) is 2.35. The molecule has 0 aliphatic rings. The van der Waals surface area contributed by atoms with Crippen LogP contribution in [0.5, 0.6) is 0 Å². The lowest BCUT2D eigenvalue weighted by molar-refractivity contribution is 0.237. The predicted octanol–water partition coefficient (Wildman–Crippen LogP) is 4.72. The van der Waals surface area contributed by atoms with Gasteiger partial charge in [-0.05, 0) is 38.1 Å². The topological polar surface area (TPSA) is 3.24 Å². The summed E-state index contributed by atoms with van der Waals surface area (Å²) in [6, 6.07) is 6.68. The Morgan fingerprint density at radius 1 is 1.44 bits per heavy atom. The molecule has 0 saturated heterocycles. The predicted molar refractivity (Wildman–Crippen MR) is 75.0 cm³/mol. The van der Waals surface area contributed by atoms with Gasteiger partial charge in [-0.25, -0.2) is 0 Å². The van der Waals surface area contributed by atoms with E-state index in [-0.39, 0.29) is 0 Å². The average Bonchev–Trinajstić information content (AvgIpc) is 2.22. The molecule has 0 amide bonds. The van der Waals surface area contributed by atoms with Crippen LogP contribution in [0.25, 0.3) is 0 Å². The molecule has 1 atom stereocenters. The highest BCUT2D eigenvalue weighted by Gasteiger charge is 2.10. The molecule has 1 aromatic carbocycles. The molecule has 0 heterocycles. The number of nitrogens with zero attached hydrogens (tertiary/aromatic N) is 1. The fourth-order valence-corrected chi connectivity index (χ4v) is 2.45. The monoisotopic (exact) mass is 303 g/mol. The first-order valence-electron chi connectivity index (χ1n) is 5.68. The molecule has 0 aliphatic carbocycles. The molecule has 0 N–H and O–H groups in total. The third kappa shape index (κ3) is 4.08. The summed E-state index contributed by atoms with van der Waals surface area (Å²) in [5.74, 6) is 0. The number of benzene rings is 1. The van der Waals surface area contributed by atoms with Gasteiger partial charge in [0.15, 0.2) is 0 Å². The van der Waals surface area contributed by atoms with Gasteiger partial charge in [0.05, 0.1) is 0 Å². The SMILES string of the molecule is CCCC(C)N(C)Cc1ccc(Br)cc1Cl. The van der Waals surface area contributed by atoms with Crippen LogP contribution in [0.3, 0.4) is 0 Å². The van der Waals surface area contributed by atoms with Gasteiger partial charge in [0.2, 0.25) is 0 Å². The molecule has 0 saturated carbocycles. The molecule has 3 heteroatoms. The molecule has 16 heavy (non-hydrogen) atoms. The van der Waals surface area contributed by atoms with Crippen molar-refractivity contribution in [2.24, 2.45) is 0 Å². The molecule has 0 fully saturated rings. The molecule has 0 spiro atoms. The van der Waals surface area contributed by atoms with Gasteiger partial charge in [-0.3, -0.25) is 4.90 Å². The van der Waals surface area contributed by atoms with Crippen molar-refractivity contribution in [1.29, 1.82) is 0 Å². The van der Waals surface area contributed by atoms with E-state index in [4.69, 9.17) is 11.6 Å². The molecular weight excluding hydrogens is 286 g/mol.